The largest absolute Gasteiger partial charge is 0.329 e. The van der Waals surface area contributed by atoms with Gasteiger partial charge in [0.2, 0.25) is 5.91 Å². The fourth-order valence-corrected chi connectivity index (χ4v) is 2.25. The SMILES string of the molecule is Cc1cc(Cl)nc(Cl)c1NC(=O)C1(CN)CC1. The van der Waals surface area contributed by atoms with E-state index in [9.17, 15) is 4.79 Å². The lowest BCUT2D eigenvalue weighted by molar-refractivity contribution is -0.120. The first-order valence-electron chi connectivity index (χ1n) is 5.33. The van der Waals surface area contributed by atoms with Crippen molar-refractivity contribution in [3.63, 3.8) is 0 Å². The highest BCUT2D eigenvalue weighted by atomic mass is 35.5. The maximum atomic E-state index is 12.0. The Hall–Kier alpha value is -0.840. The third-order valence-corrected chi connectivity index (χ3v) is 3.57. The van der Waals surface area contributed by atoms with Gasteiger partial charge in [-0.15, -0.1) is 0 Å². The number of aromatic nitrogens is 1. The highest BCUT2D eigenvalue weighted by Crippen LogP contribution is 2.45. The molecule has 1 aromatic heterocycles. The number of halogens is 2. The lowest BCUT2D eigenvalue weighted by atomic mass is 10.1. The number of amides is 1. The van der Waals surface area contributed by atoms with Gasteiger partial charge in [-0.25, -0.2) is 4.98 Å². The van der Waals surface area contributed by atoms with Crippen LogP contribution in [0.15, 0.2) is 6.07 Å². The van der Waals surface area contributed by atoms with Gasteiger partial charge in [0.15, 0.2) is 5.15 Å². The number of pyridine rings is 1. The van der Waals surface area contributed by atoms with Crippen LogP contribution in [0.3, 0.4) is 0 Å². The molecule has 4 nitrogen and oxygen atoms in total. The summed E-state index contributed by atoms with van der Waals surface area (Å²) < 4.78 is 0. The molecule has 0 bridgehead atoms. The molecule has 1 fully saturated rings. The van der Waals surface area contributed by atoms with Crippen LogP contribution in [0.25, 0.3) is 0 Å². The Balaban J connectivity index is 2.22. The maximum absolute atomic E-state index is 12.0. The van der Waals surface area contributed by atoms with E-state index in [1.807, 2.05) is 6.92 Å². The van der Waals surface area contributed by atoms with Crippen molar-refractivity contribution in [2.75, 3.05) is 11.9 Å². The standard InChI is InChI=1S/C11H13Cl2N3O/c1-6-4-7(12)15-9(13)8(6)16-10(17)11(5-14)2-3-11/h4H,2-3,5,14H2,1H3,(H,16,17). The molecule has 0 saturated heterocycles. The Morgan fingerprint density at radius 2 is 2.24 bits per heavy atom. The fourth-order valence-electron chi connectivity index (χ4n) is 1.67. The molecule has 0 radical (unpaired) electrons. The van der Waals surface area contributed by atoms with E-state index in [1.165, 1.54) is 0 Å². The molecule has 2 rings (SSSR count). The molecule has 0 unspecified atom stereocenters. The van der Waals surface area contributed by atoms with Crippen LogP contribution in [0.1, 0.15) is 18.4 Å². The molecule has 1 heterocycles. The summed E-state index contributed by atoms with van der Waals surface area (Å²) in [5.41, 5.74) is 6.49. The van der Waals surface area contributed by atoms with Crippen LogP contribution in [0.2, 0.25) is 10.3 Å². The van der Waals surface area contributed by atoms with Gasteiger partial charge in [-0.1, -0.05) is 23.2 Å². The molecule has 0 spiro atoms. The zero-order valence-electron chi connectivity index (χ0n) is 9.39. The third kappa shape index (κ3) is 2.39. The third-order valence-electron chi connectivity index (χ3n) is 3.11. The molecule has 1 aliphatic carbocycles. The number of nitrogens with zero attached hydrogens (tertiary/aromatic N) is 1. The molecular formula is C11H13Cl2N3O. The summed E-state index contributed by atoms with van der Waals surface area (Å²) >= 11 is 11.7. The van der Waals surface area contributed by atoms with Gasteiger partial charge in [0, 0.05) is 6.54 Å². The summed E-state index contributed by atoms with van der Waals surface area (Å²) in [5, 5.41) is 3.30. The number of nitrogens with two attached hydrogens (primary N) is 1. The summed E-state index contributed by atoms with van der Waals surface area (Å²) in [7, 11) is 0. The van der Waals surface area contributed by atoms with E-state index in [4.69, 9.17) is 28.9 Å². The van der Waals surface area contributed by atoms with Crippen LogP contribution in [0.4, 0.5) is 5.69 Å². The monoisotopic (exact) mass is 273 g/mol. The minimum Gasteiger partial charge on any atom is -0.329 e. The van der Waals surface area contributed by atoms with Crippen molar-refractivity contribution >= 4 is 34.8 Å². The van der Waals surface area contributed by atoms with Crippen molar-refractivity contribution in [1.29, 1.82) is 0 Å². The van der Waals surface area contributed by atoms with Crippen molar-refractivity contribution in [2.45, 2.75) is 19.8 Å². The molecule has 6 heteroatoms. The number of carbonyl (C=O) groups is 1. The molecule has 0 aliphatic heterocycles. The average Bonchev–Trinajstić information content (AvgIpc) is 3.03. The molecule has 0 aromatic carbocycles. The number of hydrogen-bond donors (Lipinski definition) is 2. The van der Waals surface area contributed by atoms with Crippen molar-refractivity contribution in [1.82, 2.24) is 4.98 Å². The Morgan fingerprint density at radius 3 is 2.71 bits per heavy atom. The highest BCUT2D eigenvalue weighted by molar-refractivity contribution is 6.34. The average molecular weight is 274 g/mol. The first-order chi connectivity index (χ1) is 7.98. The molecule has 17 heavy (non-hydrogen) atoms. The van der Waals surface area contributed by atoms with E-state index in [1.54, 1.807) is 6.07 Å². The molecule has 0 atom stereocenters. The predicted octanol–water partition coefficient (Wildman–Crippen LogP) is 2.37. The molecule has 3 N–H and O–H groups in total. The summed E-state index contributed by atoms with van der Waals surface area (Å²) in [6.07, 6.45) is 1.65. The van der Waals surface area contributed by atoms with Crippen molar-refractivity contribution in [3.8, 4) is 0 Å². The lowest BCUT2D eigenvalue weighted by Gasteiger charge is -2.15. The second kappa shape index (κ2) is 4.44. The van der Waals surface area contributed by atoms with E-state index >= 15 is 0 Å². The lowest BCUT2D eigenvalue weighted by Crippen LogP contribution is -2.31. The second-order valence-corrected chi connectivity index (χ2v) is 5.11. The van der Waals surface area contributed by atoms with E-state index in [0.29, 0.717) is 17.4 Å². The predicted molar refractivity (Wildman–Crippen MR) is 68.3 cm³/mol. The van der Waals surface area contributed by atoms with E-state index in [0.717, 1.165) is 18.4 Å². The van der Waals surface area contributed by atoms with Crippen LogP contribution in [0, 0.1) is 12.3 Å². The van der Waals surface area contributed by atoms with Gasteiger partial charge in [0.05, 0.1) is 11.1 Å². The second-order valence-electron chi connectivity index (χ2n) is 4.37. The zero-order chi connectivity index (χ0) is 12.6. The van der Waals surface area contributed by atoms with Crippen LogP contribution in [-0.4, -0.2) is 17.4 Å². The Morgan fingerprint density at radius 1 is 1.59 bits per heavy atom. The van der Waals surface area contributed by atoms with Crippen molar-refractivity contribution in [3.05, 3.63) is 21.9 Å². The molecule has 92 valence electrons. The number of rotatable bonds is 3. The van der Waals surface area contributed by atoms with Gasteiger partial charge in [0.1, 0.15) is 5.15 Å². The number of nitrogens with one attached hydrogen (secondary N) is 1. The number of aryl methyl sites for hydroxylation is 1. The van der Waals surface area contributed by atoms with E-state index < -0.39 is 5.41 Å². The molecular weight excluding hydrogens is 261 g/mol. The maximum Gasteiger partial charge on any atom is 0.231 e. The minimum atomic E-state index is -0.407. The normalized spacial score (nSPS) is 16.7. The topological polar surface area (TPSA) is 68.0 Å². The zero-order valence-corrected chi connectivity index (χ0v) is 10.9. The quantitative estimate of drug-likeness (QED) is 0.831. The van der Waals surface area contributed by atoms with Crippen molar-refractivity contribution < 1.29 is 4.79 Å². The molecule has 1 aromatic rings. The van der Waals surface area contributed by atoms with Crippen molar-refractivity contribution in [2.24, 2.45) is 11.1 Å². The van der Waals surface area contributed by atoms with E-state index in [-0.39, 0.29) is 11.1 Å². The van der Waals surface area contributed by atoms with Gasteiger partial charge in [0.25, 0.3) is 0 Å². The van der Waals surface area contributed by atoms with Crippen LogP contribution >= 0.6 is 23.2 Å². The van der Waals surface area contributed by atoms with Crippen LogP contribution < -0.4 is 11.1 Å². The van der Waals surface area contributed by atoms with Gasteiger partial charge in [-0.2, -0.15) is 0 Å². The van der Waals surface area contributed by atoms with Gasteiger partial charge >= 0.3 is 0 Å². The number of anilines is 1. The molecule has 1 aliphatic rings. The van der Waals surface area contributed by atoms with Gasteiger partial charge in [-0.3, -0.25) is 4.79 Å². The van der Waals surface area contributed by atoms with Gasteiger partial charge < -0.3 is 11.1 Å². The first kappa shape index (κ1) is 12.6. The summed E-state index contributed by atoms with van der Waals surface area (Å²) in [5.74, 6) is -0.0888. The van der Waals surface area contributed by atoms with Crippen LogP contribution in [0.5, 0.6) is 0 Å². The number of carbonyl (C=O) groups excluding carboxylic acids is 1. The fraction of sp³-hybridized carbons (Fsp3) is 0.455. The summed E-state index contributed by atoms with van der Waals surface area (Å²) in [4.78, 5) is 15.9. The Kier molecular flexibility index (Phi) is 3.30. The first-order valence-corrected chi connectivity index (χ1v) is 6.08. The van der Waals surface area contributed by atoms with E-state index in [2.05, 4.69) is 10.3 Å². The van der Waals surface area contributed by atoms with Crippen LogP contribution in [-0.2, 0) is 4.79 Å². The summed E-state index contributed by atoms with van der Waals surface area (Å²) in [6.45, 7) is 2.17. The Labute approximate surface area is 109 Å². The van der Waals surface area contributed by atoms with Gasteiger partial charge in [-0.05, 0) is 31.4 Å². The number of hydrogen-bond acceptors (Lipinski definition) is 3. The molecule has 1 saturated carbocycles. The minimum absolute atomic E-state index is 0.0888. The smallest absolute Gasteiger partial charge is 0.231 e. The molecule has 1 amide bonds. The highest BCUT2D eigenvalue weighted by Gasteiger charge is 2.48. The Bertz CT molecular complexity index is 449. The summed E-state index contributed by atoms with van der Waals surface area (Å²) in [6, 6.07) is 1.66.